The van der Waals surface area contributed by atoms with Crippen molar-refractivity contribution < 1.29 is 42.7 Å². The summed E-state index contributed by atoms with van der Waals surface area (Å²) in [4.78, 5) is 23.9. The van der Waals surface area contributed by atoms with Crippen LogP contribution in [-0.4, -0.2) is 63.8 Å². The molecular weight excluding hydrogens is 552 g/mol. The van der Waals surface area contributed by atoms with Crippen LogP contribution in [0.5, 0.6) is 23.0 Å². The van der Waals surface area contributed by atoms with Crippen molar-refractivity contribution in [2.75, 3.05) is 39.6 Å². The minimum atomic E-state index is -0.736. The smallest absolute Gasteiger partial charge is 0.330 e. The summed E-state index contributed by atoms with van der Waals surface area (Å²) in [6.07, 6.45) is 3.90. The van der Waals surface area contributed by atoms with Crippen LogP contribution in [0.15, 0.2) is 111 Å². The maximum Gasteiger partial charge on any atom is 0.330 e. The number of hydrogen-bond acceptors (Lipinski definition) is 9. The molecule has 2 unspecified atom stereocenters. The molecule has 0 saturated carbocycles. The molecule has 0 N–H and O–H groups in total. The van der Waals surface area contributed by atoms with Gasteiger partial charge in [-0.05, 0) is 12.1 Å². The average molecular weight is 589 g/mol. The largest absolute Gasteiger partial charge is 0.489 e. The first kappa shape index (κ1) is 32.7. The van der Waals surface area contributed by atoms with Crippen LogP contribution in [0, 0.1) is 0 Å². The Labute approximate surface area is 251 Å². The Morgan fingerprint density at radius 3 is 1.74 bits per heavy atom. The van der Waals surface area contributed by atoms with Crippen LogP contribution in [-0.2, 0) is 28.5 Å². The summed E-state index contributed by atoms with van der Waals surface area (Å²) in [5, 5.41) is 1.38. The van der Waals surface area contributed by atoms with Crippen molar-refractivity contribution in [3.63, 3.8) is 0 Å². The molecule has 0 spiro atoms. The van der Waals surface area contributed by atoms with E-state index in [-0.39, 0.29) is 39.6 Å². The lowest BCUT2D eigenvalue weighted by atomic mass is 10.1. The summed E-state index contributed by atoms with van der Waals surface area (Å²) in [7, 11) is 0. The Bertz CT molecular complexity index is 1380. The molecule has 9 nitrogen and oxygen atoms in total. The minimum absolute atomic E-state index is 0.00802. The number of esters is 2. The van der Waals surface area contributed by atoms with Gasteiger partial charge in [0, 0.05) is 29.0 Å². The molecule has 0 aromatic heterocycles. The standard InChI is InChI=1S/C34H36O9/c1-5-18-37-21-26(42-32(35)7-3)23-39-30-20-31(41-25-14-10-9-11-15-25)34(29-17-13-12-16-28(29)30)40-24-27(22-38-19-6-2)43-33(36)8-4/h5-17,20,26-27H,1-4,18-19,21-24H2. The van der Waals surface area contributed by atoms with Gasteiger partial charge in [0.25, 0.3) is 0 Å². The first-order valence-corrected chi connectivity index (χ1v) is 13.6. The summed E-state index contributed by atoms with van der Waals surface area (Å²) < 4.78 is 40.6. The van der Waals surface area contributed by atoms with Crippen molar-refractivity contribution in [3.8, 4) is 23.0 Å². The van der Waals surface area contributed by atoms with E-state index >= 15 is 0 Å². The van der Waals surface area contributed by atoms with E-state index in [2.05, 4.69) is 26.3 Å². The molecule has 0 bridgehead atoms. The molecule has 0 aliphatic rings. The zero-order valence-electron chi connectivity index (χ0n) is 24.0. The lowest BCUT2D eigenvalue weighted by Gasteiger charge is -2.22. The average Bonchev–Trinajstić information content (AvgIpc) is 3.03. The van der Waals surface area contributed by atoms with E-state index in [1.807, 2.05) is 42.5 Å². The monoisotopic (exact) mass is 588 g/mol. The molecule has 0 aliphatic carbocycles. The quantitative estimate of drug-likeness (QED) is 0.0682. The maximum atomic E-state index is 12.0. The second-order valence-electron chi connectivity index (χ2n) is 8.96. The highest BCUT2D eigenvalue weighted by molar-refractivity contribution is 5.95. The zero-order valence-corrected chi connectivity index (χ0v) is 24.0. The Kier molecular flexibility index (Phi) is 13.5. The highest BCUT2D eigenvalue weighted by atomic mass is 16.6. The molecule has 0 saturated heterocycles. The fraction of sp³-hybridized carbons (Fsp3) is 0.235. The number of carbonyl (C=O) groups excluding carboxylic acids is 2. The Morgan fingerprint density at radius 2 is 1.19 bits per heavy atom. The molecule has 3 aromatic rings. The number of fused-ring (bicyclic) bond motifs is 1. The molecule has 0 aliphatic heterocycles. The van der Waals surface area contributed by atoms with Crippen LogP contribution < -0.4 is 14.2 Å². The summed E-state index contributed by atoms with van der Waals surface area (Å²) in [5.41, 5.74) is 0. The van der Waals surface area contributed by atoms with E-state index in [4.69, 9.17) is 33.2 Å². The third-order valence-electron chi connectivity index (χ3n) is 5.71. The van der Waals surface area contributed by atoms with E-state index in [0.29, 0.717) is 33.8 Å². The van der Waals surface area contributed by atoms with Crippen LogP contribution in [0.4, 0.5) is 0 Å². The summed E-state index contributed by atoms with van der Waals surface area (Å²) in [5.74, 6) is 0.576. The van der Waals surface area contributed by atoms with Gasteiger partial charge in [0.05, 0.1) is 26.4 Å². The highest BCUT2D eigenvalue weighted by Crippen LogP contribution is 2.43. The van der Waals surface area contributed by atoms with Gasteiger partial charge in [-0.15, -0.1) is 13.2 Å². The first-order valence-electron chi connectivity index (χ1n) is 13.6. The van der Waals surface area contributed by atoms with E-state index in [1.165, 1.54) is 0 Å². The third kappa shape index (κ3) is 10.5. The topological polar surface area (TPSA) is 98.8 Å². The summed E-state index contributed by atoms with van der Waals surface area (Å²) in [6, 6.07) is 18.3. The fourth-order valence-electron chi connectivity index (χ4n) is 3.83. The van der Waals surface area contributed by atoms with Crippen molar-refractivity contribution in [3.05, 3.63) is 111 Å². The van der Waals surface area contributed by atoms with Gasteiger partial charge in [-0.1, -0.05) is 67.8 Å². The van der Waals surface area contributed by atoms with E-state index < -0.39 is 24.1 Å². The molecule has 0 radical (unpaired) electrons. The summed E-state index contributed by atoms with van der Waals surface area (Å²) >= 11 is 0. The van der Waals surface area contributed by atoms with Gasteiger partial charge >= 0.3 is 11.9 Å². The second kappa shape index (κ2) is 17.8. The van der Waals surface area contributed by atoms with Crippen molar-refractivity contribution in [1.29, 1.82) is 0 Å². The van der Waals surface area contributed by atoms with Gasteiger partial charge in [0.2, 0.25) is 0 Å². The van der Waals surface area contributed by atoms with Gasteiger partial charge in [-0.2, -0.15) is 0 Å². The zero-order chi connectivity index (χ0) is 30.9. The third-order valence-corrected chi connectivity index (χ3v) is 5.71. The Balaban J connectivity index is 1.97. The van der Waals surface area contributed by atoms with Gasteiger partial charge in [0.1, 0.15) is 24.7 Å². The van der Waals surface area contributed by atoms with Crippen LogP contribution in [0.2, 0.25) is 0 Å². The normalized spacial score (nSPS) is 11.9. The molecule has 3 rings (SSSR count). The molecule has 2 atom stereocenters. The molecule has 0 fully saturated rings. The predicted octanol–water partition coefficient (Wildman–Crippen LogP) is 5.99. The highest BCUT2D eigenvalue weighted by Gasteiger charge is 2.22. The molecule has 43 heavy (non-hydrogen) atoms. The van der Waals surface area contributed by atoms with Crippen molar-refractivity contribution in [2.45, 2.75) is 12.2 Å². The lowest BCUT2D eigenvalue weighted by molar-refractivity contribution is -0.148. The van der Waals surface area contributed by atoms with Gasteiger partial charge in [-0.3, -0.25) is 0 Å². The van der Waals surface area contributed by atoms with Crippen LogP contribution in [0.25, 0.3) is 10.8 Å². The maximum absolute atomic E-state index is 12.0. The molecule has 0 heterocycles. The predicted molar refractivity (Wildman–Crippen MR) is 164 cm³/mol. The Hall–Kier alpha value is -4.86. The number of carbonyl (C=O) groups is 2. The van der Waals surface area contributed by atoms with E-state index in [1.54, 1.807) is 30.4 Å². The van der Waals surface area contributed by atoms with E-state index in [9.17, 15) is 9.59 Å². The van der Waals surface area contributed by atoms with Crippen molar-refractivity contribution >= 4 is 22.7 Å². The minimum Gasteiger partial charge on any atom is -0.489 e. The number of benzene rings is 3. The molecule has 226 valence electrons. The van der Waals surface area contributed by atoms with Gasteiger partial charge in [0.15, 0.2) is 23.7 Å². The lowest BCUT2D eigenvalue weighted by Crippen LogP contribution is -2.29. The van der Waals surface area contributed by atoms with Gasteiger partial charge in [-0.25, -0.2) is 9.59 Å². The van der Waals surface area contributed by atoms with E-state index in [0.717, 1.165) is 12.2 Å². The number of hydrogen-bond donors (Lipinski definition) is 0. The number of rotatable bonds is 20. The molecule has 3 aromatic carbocycles. The fourth-order valence-corrected chi connectivity index (χ4v) is 3.83. The van der Waals surface area contributed by atoms with Crippen molar-refractivity contribution in [1.82, 2.24) is 0 Å². The second-order valence-corrected chi connectivity index (χ2v) is 8.96. The van der Waals surface area contributed by atoms with Crippen LogP contribution >= 0.6 is 0 Å². The molecule has 9 heteroatoms. The number of para-hydroxylation sites is 1. The van der Waals surface area contributed by atoms with Crippen molar-refractivity contribution in [2.24, 2.45) is 0 Å². The molecule has 0 amide bonds. The Morgan fingerprint density at radius 1 is 0.651 bits per heavy atom. The number of ether oxygens (including phenoxy) is 7. The molecular formula is C34H36O9. The van der Waals surface area contributed by atoms with Gasteiger partial charge < -0.3 is 33.2 Å². The van der Waals surface area contributed by atoms with Crippen LogP contribution in [0.1, 0.15) is 0 Å². The van der Waals surface area contributed by atoms with Crippen LogP contribution in [0.3, 0.4) is 0 Å². The first-order chi connectivity index (χ1) is 21.0. The SMILES string of the molecule is C=CCOCC(COc1cc(Oc2ccccc2)c(OCC(COCC=C)OC(=O)C=C)c2ccccc12)OC(=O)C=C. The summed E-state index contributed by atoms with van der Waals surface area (Å²) in [6.45, 7) is 14.9.